The Hall–Kier alpha value is -0.930. The first-order valence-corrected chi connectivity index (χ1v) is 5.71. The maximum absolute atomic E-state index is 12.9. The number of aliphatic hydroxyl groups excluding tert-OH is 1. The van der Waals surface area contributed by atoms with Crippen LogP contribution in [0.25, 0.3) is 0 Å². The SMILES string of the molecule is CC(C)CNCC(O)Cc1cccc(F)c1. The van der Waals surface area contributed by atoms with Crippen molar-refractivity contribution in [1.29, 1.82) is 0 Å². The summed E-state index contributed by atoms with van der Waals surface area (Å²) >= 11 is 0. The minimum atomic E-state index is -0.458. The molecule has 1 aromatic carbocycles. The maximum Gasteiger partial charge on any atom is 0.123 e. The summed E-state index contributed by atoms with van der Waals surface area (Å²) in [6.45, 7) is 5.67. The fourth-order valence-corrected chi connectivity index (χ4v) is 1.55. The van der Waals surface area contributed by atoms with Crippen molar-refractivity contribution in [3.8, 4) is 0 Å². The summed E-state index contributed by atoms with van der Waals surface area (Å²) in [4.78, 5) is 0. The summed E-state index contributed by atoms with van der Waals surface area (Å²) in [6, 6.07) is 6.37. The van der Waals surface area contributed by atoms with Crippen molar-refractivity contribution in [2.45, 2.75) is 26.4 Å². The quantitative estimate of drug-likeness (QED) is 0.776. The number of aliphatic hydroxyl groups is 1. The number of hydrogen-bond donors (Lipinski definition) is 2. The van der Waals surface area contributed by atoms with Crippen LogP contribution in [0.4, 0.5) is 4.39 Å². The molecule has 0 saturated carbocycles. The van der Waals surface area contributed by atoms with Crippen molar-refractivity contribution in [3.63, 3.8) is 0 Å². The monoisotopic (exact) mass is 225 g/mol. The van der Waals surface area contributed by atoms with E-state index in [1.54, 1.807) is 6.07 Å². The van der Waals surface area contributed by atoms with Crippen molar-refractivity contribution < 1.29 is 9.50 Å². The predicted octanol–water partition coefficient (Wildman–Crippen LogP) is 1.97. The third-order valence-electron chi connectivity index (χ3n) is 2.29. The fraction of sp³-hybridized carbons (Fsp3) is 0.538. The van der Waals surface area contributed by atoms with Gasteiger partial charge >= 0.3 is 0 Å². The Kier molecular flexibility index (Phi) is 5.43. The van der Waals surface area contributed by atoms with E-state index >= 15 is 0 Å². The largest absolute Gasteiger partial charge is 0.391 e. The van der Waals surface area contributed by atoms with E-state index in [2.05, 4.69) is 19.2 Å². The zero-order chi connectivity index (χ0) is 12.0. The number of benzene rings is 1. The molecule has 1 unspecified atom stereocenters. The minimum absolute atomic E-state index is 0.250. The molecule has 1 rings (SSSR count). The first kappa shape index (κ1) is 13.1. The van der Waals surface area contributed by atoms with Gasteiger partial charge in [0.1, 0.15) is 5.82 Å². The van der Waals surface area contributed by atoms with Crippen LogP contribution in [-0.2, 0) is 6.42 Å². The normalized spacial score (nSPS) is 13.1. The average Bonchev–Trinajstić information content (AvgIpc) is 2.16. The molecule has 0 aliphatic heterocycles. The molecule has 0 amide bonds. The number of halogens is 1. The van der Waals surface area contributed by atoms with Crippen LogP contribution in [0.5, 0.6) is 0 Å². The van der Waals surface area contributed by atoms with Gasteiger partial charge in [-0.15, -0.1) is 0 Å². The number of nitrogens with one attached hydrogen (secondary N) is 1. The second-order valence-corrected chi connectivity index (χ2v) is 4.54. The molecule has 0 aliphatic rings. The lowest BCUT2D eigenvalue weighted by Gasteiger charge is -2.13. The zero-order valence-corrected chi connectivity index (χ0v) is 9.91. The molecule has 0 aliphatic carbocycles. The topological polar surface area (TPSA) is 32.3 Å². The van der Waals surface area contributed by atoms with Crippen molar-refractivity contribution in [2.24, 2.45) is 5.92 Å². The highest BCUT2D eigenvalue weighted by Crippen LogP contribution is 2.06. The highest BCUT2D eigenvalue weighted by atomic mass is 19.1. The van der Waals surface area contributed by atoms with Gasteiger partial charge in [-0.3, -0.25) is 0 Å². The molecule has 2 nitrogen and oxygen atoms in total. The van der Waals surface area contributed by atoms with Gasteiger partial charge in [0.15, 0.2) is 0 Å². The van der Waals surface area contributed by atoms with E-state index in [0.29, 0.717) is 18.9 Å². The Balaban J connectivity index is 2.31. The van der Waals surface area contributed by atoms with Gasteiger partial charge in [-0.2, -0.15) is 0 Å². The molecule has 1 aromatic rings. The lowest BCUT2D eigenvalue weighted by atomic mass is 10.1. The Bertz CT molecular complexity index is 315. The first-order valence-electron chi connectivity index (χ1n) is 5.71. The Morgan fingerprint density at radius 1 is 1.31 bits per heavy atom. The second kappa shape index (κ2) is 6.61. The molecule has 0 bridgehead atoms. The lowest BCUT2D eigenvalue weighted by molar-refractivity contribution is 0.170. The van der Waals surface area contributed by atoms with Crippen LogP contribution in [0.2, 0.25) is 0 Å². The summed E-state index contributed by atoms with van der Waals surface area (Å²) in [5.74, 6) is 0.321. The first-order chi connectivity index (χ1) is 7.58. The van der Waals surface area contributed by atoms with E-state index in [1.807, 2.05) is 6.07 Å². The molecule has 0 fully saturated rings. The van der Waals surface area contributed by atoms with Gasteiger partial charge in [0, 0.05) is 6.54 Å². The lowest BCUT2D eigenvalue weighted by Crippen LogP contribution is -2.30. The third kappa shape index (κ3) is 5.24. The van der Waals surface area contributed by atoms with Gasteiger partial charge in [-0.05, 0) is 36.6 Å². The van der Waals surface area contributed by atoms with Crippen molar-refractivity contribution in [3.05, 3.63) is 35.6 Å². The highest BCUT2D eigenvalue weighted by Gasteiger charge is 2.06. The molecular formula is C13H20FNO. The van der Waals surface area contributed by atoms with Crippen LogP contribution in [0.1, 0.15) is 19.4 Å². The summed E-state index contributed by atoms with van der Waals surface area (Å²) in [7, 11) is 0. The van der Waals surface area contributed by atoms with E-state index < -0.39 is 6.10 Å². The van der Waals surface area contributed by atoms with Crippen molar-refractivity contribution in [2.75, 3.05) is 13.1 Å². The molecule has 16 heavy (non-hydrogen) atoms. The second-order valence-electron chi connectivity index (χ2n) is 4.54. The van der Waals surface area contributed by atoms with E-state index in [9.17, 15) is 9.50 Å². The van der Waals surface area contributed by atoms with E-state index in [0.717, 1.165) is 12.1 Å². The average molecular weight is 225 g/mol. The number of hydrogen-bond acceptors (Lipinski definition) is 2. The van der Waals surface area contributed by atoms with Crippen molar-refractivity contribution >= 4 is 0 Å². The number of rotatable bonds is 6. The van der Waals surface area contributed by atoms with Crippen LogP contribution in [0, 0.1) is 11.7 Å². The van der Waals surface area contributed by atoms with Crippen molar-refractivity contribution in [1.82, 2.24) is 5.32 Å². The minimum Gasteiger partial charge on any atom is -0.391 e. The maximum atomic E-state index is 12.9. The van der Waals surface area contributed by atoms with Gasteiger partial charge in [-0.25, -0.2) is 4.39 Å². The Morgan fingerprint density at radius 2 is 2.06 bits per heavy atom. The smallest absolute Gasteiger partial charge is 0.123 e. The molecule has 2 N–H and O–H groups in total. The summed E-state index contributed by atoms with van der Waals surface area (Å²) in [5.41, 5.74) is 0.832. The Morgan fingerprint density at radius 3 is 2.69 bits per heavy atom. The molecule has 90 valence electrons. The Labute approximate surface area is 96.5 Å². The molecule has 0 radical (unpaired) electrons. The van der Waals surface area contributed by atoms with E-state index in [4.69, 9.17) is 0 Å². The standard InChI is InChI=1S/C13H20FNO/c1-10(2)8-15-9-13(16)7-11-4-3-5-12(14)6-11/h3-6,10,13,15-16H,7-9H2,1-2H3. The fourth-order valence-electron chi connectivity index (χ4n) is 1.55. The van der Waals surface area contributed by atoms with Crippen LogP contribution in [-0.4, -0.2) is 24.3 Å². The van der Waals surface area contributed by atoms with E-state index in [1.165, 1.54) is 12.1 Å². The van der Waals surface area contributed by atoms with E-state index in [-0.39, 0.29) is 5.82 Å². The highest BCUT2D eigenvalue weighted by molar-refractivity contribution is 5.17. The van der Waals surface area contributed by atoms with Gasteiger partial charge in [0.25, 0.3) is 0 Å². The van der Waals surface area contributed by atoms with Crippen LogP contribution < -0.4 is 5.32 Å². The van der Waals surface area contributed by atoms with Gasteiger partial charge < -0.3 is 10.4 Å². The molecule has 0 saturated heterocycles. The van der Waals surface area contributed by atoms with Crippen LogP contribution in [0.3, 0.4) is 0 Å². The summed E-state index contributed by atoms with van der Waals surface area (Å²) < 4.78 is 12.9. The third-order valence-corrected chi connectivity index (χ3v) is 2.29. The predicted molar refractivity (Wildman–Crippen MR) is 63.8 cm³/mol. The molecular weight excluding hydrogens is 205 g/mol. The summed E-state index contributed by atoms with van der Waals surface area (Å²) in [5, 5.41) is 12.9. The molecule has 3 heteroatoms. The molecule has 1 atom stereocenters. The van der Waals surface area contributed by atoms with Gasteiger partial charge in [0.2, 0.25) is 0 Å². The van der Waals surface area contributed by atoms with Gasteiger partial charge in [-0.1, -0.05) is 26.0 Å². The zero-order valence-electron chi connectivity index (χ0n) is 9.91. The molecule has 0 heterocycles. The van der Waals surface area contributed by atoms with Crippen LogP contribution >= 0.6 is 0 Å². The molecule has 0 aromatic heterocycles. The van der Waals surface area contributed by atoms with Gasteiger partial charge in [0.05, 0.1) is 6.10 Å². The van der Waals surface area contributed by atoms with Crippen LogP contribution in [0.15, 0.2) is 24.3 Å². The summed E-state index contributed by atoms with van der Waals surface area (Å²) in [6.07, 6.45) is 0.0311. The molecule has 0 spiro atoms.